The van der Waals surface area contributed by atoms with Crippen molar-refractivity contribution >= 4 is 5.91 Å². The number of carbonyl (C=O) groups excluding carboxylic acids is 1. The van der Waals surface area contributed by atoms with E-state index in [1.54, 1.807) is 0 Å². The number of allylic oxidation sites excluding steroid dienone is 1. The number of rotatable bonds is 5. The Morgan fingerprint density at radius 3 is 2.52 bits per heavy atom. The molecule has 3 nitrogen and oxygen atoms in total. The van der Waals surface area contributed by atoms with Crippen LogP contribution in [0.4, 0.5) is 0 Å². The number of benzene rings is 1. The summed E-state index contributed by atoms with van der Waals surface area (Å²) in [5, 5.41) is 0. The number of amides is 1. The molecular formula is C22H30N2O. The standard InChI is InChI=1S/C22H30N2O/c25-21-22(12-16-23(17-13-22)18-20-8-9-20)11-4-5-14-24(21)15-10-19-6-2-1-3-7-19/h1-7,20H,8-18H2. The Kier molecular flexibility index (Phi) is 4.93. The minimum absolute atomic E-state index is 0.135. The van der Waals surface area contributed by atoms with E-state index in [4.69, 9.17) is 0 Å². The van der Waals surface area contributed by atoms with Gasteiger partial charge in [0, 0.05) is 19.6 Å². The van der Waals surface area contributed by atoms with Crippen LogP contribution in [0.3, 0.4) is 0 Å². The number of carbonyl (C=O) groups is 1. The van der Waals surface area contributed by atoms with Gasteiger partial charge in [-0.3, -0.25) is 4.79 Å². The molecule has 0 bridgehead atoms. The Balaban J connectivity index is 1.38. The zero-order chi connectivity index (χ0) is 17.1. The van der Waals surface area contributed by atoms with E-state index in [1.807, 2.05) is 6.07 Å². The lowest BCUT2D eigenvalue weighted by atomic mass is 9.74. The van der Waals surface area contributed by atoms with E-state index in [2.05, 4.69) is 46.2 Å². The maximum atomic E-state index is 13.4. The van der Waals surface area contributed by atoms with Crippen LogP contribution in [-0.4, -0.2) is 48.4 Å². The van der Waals surface area contributed by atoms with E-state index in [0.717, 1.165) is 57.8 Å². The highest BCUT2D eigenvalue weighted by atomic mass is 16.2. The Morgan fingerprint density at radius 2 is 1.80 bits per heavy atom. The summed E-state index contributed by atoms with van der Waals surface area (Å²) >= 11 is 0. The Hall–Kier alpha value is -1.61. The molecule has 3 aliphatic rings. The molecule has 1 aromatic rings. The highest BCUT2D eigenvalue weighted by Gasteiger charge is 2.43. The molecule has 1 aliphatic carbocycles. The Labute approximate surface area is 151 Å². The van der Waals surface area contributed by atoms with Gasteiger partial charge in [-0.1, -0.05) is 42.5 Å². The fraction of sp³-hybridized carbons (Fsp3) is 0.591. The zero-order valence-corrected chi connectivity index (χ0v) is 15.2. The highest BCUT2D eigenvalue weighted by Crippen LogP contribution is 2.40. The predicted molar refractivity (Wildman–Crippen MR) is 101 cm³/mol. The first-order chi connectivity index (χ1) is 12.3. The lowest BCUT2D eigenvalue weighted by molar-refractivity contribution is -0.144. The maximum Gasteiger partial charge on any atom is 0.229 e. The topological polar surface area (TPSA) is 23.6 Å². The SMILES string of the molecule is O=C1N(CCc2ccccc2)CC=CCC12CCN(CC1CC1)CC2. The average molecular weight is 338 g/mol. The van der Waals surface area contributed by atoms with E-state index >= 15 is 0 Å². The molecule has 1 saturated carbocycles. The van der Waals surface area contributed by atoms with Crippen molar-refractivity contribution in [2.24, 2.45) is 11.3 Å². The molecule has 1 saturated heterocycles. The van der Waals surface area contributed by atoms with Crippen LogP contribution in [0.5, 0.6) is 0 Å². The smallest absolute Gasteiger partial charge is 0.229 e. The molecule has 2 fully saturated rings. The van der Waals surface area contributed by atoms with Gasteiger partial charge in [-0.2, -0.15) is 0 Å². The minimum atomic E-state index is -0.135. The number of piperidine rings is 1. The summed E-state index contributed by atoms with van der Waals surface area (Å²) in [5.74, 6) is 1.35. The molecule has 0 unspecified atom stereocenters. The molecule has 4 rings (SSSR count). The normalized spacial score (nSPS) is 23.8. The average Bonchev–Trinajstić information content (AvgIpc) is 3.47. The van der Waals surface area contributed by atoms with E-state index < -0.39 is 0 Å². The monoisotopic (exact) mass is 338 g/mol. The van der Waals surface area contributed by atoms with E-state index in [-0.39, 0.29) is 5.41 Å². The third kappa shape index (κ3) is 3.98. The lowest BCUT2D eigenvalue weighted by Gasteiger charge is -2.42. The molecular weight excluding hydrogens is 308 g/mol. The van der Waals surface area contributed by atoms with Crippen molar-refractivity contribution in [3.8, 4) is 0 Å². The van der Waals surface area contributed by atoms with Crippen LogP contribution in [0.25, 0.3) is 0 Å². The van der Waals surface area contributed by atoms with Crippen LogP contribution in [0.1, 0.15) is 37.7 Å². The molecule has 2 heterocycles. The van der Waals surface area contributed by atoms with Gasteiger partial charge >= 0.3 is 0 Å². The van der Waals surface area contributed by atoms with Gasteiger partial charge in [0.25, 0.3) is 0 Å². The fourth-order valence-corrected chi connectivity index (χ4v) is 4.37. The third-order valence-corrected chi connectivity index (χ3v) is 6.28. The third-order valence-electron chi connectivity index (χ3n) is 6.28. The van der Waals surface area contributed by atoms with Gasteiger partial charge in [0.05, 0.1) is 5.41 Å². The molecule has 0 radical (unpaired) electrons. The molecule has 0 aromatic heterocycles. The fourth-order valence-electron chi connectivity index (χ4n) is 4.37. The van der Waals surface area contributed by atoms with Crippen molar-refractivity contribution in [1.82, 2.24) is 9.80 Å². The zero-order valence-electron chi connectivity index (χ0n) is 15.2. The maximum absolute atomic E-state index is 13.4. The molecule has 0 N–H and O–H groups in total. The second-order valence-electron chi connectivity index (χ2n) is 8.19. The van der Waals surface area contributed by atoms with Crippen LogP contribution >= 0.6 is 0 Å². The second-order valence-corrected chi connectivity index (χ2v) is 8.19. The van der Waals surface area contributed by atoms with Crippen LogP contribution < -0.4 is 0 Å². The minimum Gasteiger partial charge on any atom is -0.338 e. The Bertz CT molecular complexity index is 612. The molecule has 134 valence electrons. The van der Waals surface area contributed by atoms with E-state index in [1.165, 1.54) is 24.9 Å². The van der Waals surface area contributed by atoms with Crippen LogP contribution in [-0.2, 0) is 11.2 Å². The van der Waals surface area contributed by atoms with Crippen molar-refractivity contribution in [1.29, 1.82) is 0 Å². The first-order valence-electron chi connectivity index (χ1n) is 9.96. The predicted octanol–water partition coefficient (Wildman–Crippen LogP) is 3.51. The van der Waals surface area contributed by atoms with Gasteiger partial charge in [-0.15, -0.1) is 0 Å². The van der Waals surface area contributed by atoms with Gasteiger partial charge < -0.3 is 9.80 Å². The summed E-state index contributed by atoms with van der Waals surface area (Å²) in [7, 11) is 0. The van der Waals surface area contributed by atoms with Gasteiger partial charge in [0.1, 0.15) is 0 Å². The van der Waals surface area contributed by atoms with Crippen LogP contribution in [0.2, 0.25) is 0 Å². The van der Waals surface area contributed by atoms with Gasteiger partial charge in [0.15, 0.2) is 0 Å². The molecule has 1 aromatic carbocycles. The van der Waals surface area contributed by atoms with Crippen molar-refractivity contribution in [2.75, 3.05) is 32.7 Å². The molecule has 25 heavy (non-hydrogen) atoms. The lowest BCUT2D eigenvalue weighted by Crippen LogP contribution is -2.50. The van der Waals surface area contributed by atoms with Crippen molar-refractivity contribution in [2.45, 2.75) is 38.5 Å². The number of nitrogens with zero attached hydrogens (tertiary/aromatic N) is 2. The van der Waals surface area contributed by atoms with Crippen molar-refractivity contribution < 1.29 is 4.79 Å². The van der Waals surface area contributed by atoms with E-state index in [9.17, 15) is 4.79 Å². The number of hydrogen-bond acceptors (Lipinski definition) is 2. The number of hydrogen-bond donors (Lipinski definition) is 0. The highest BCUT2D eigenvalue weighted by molar-refractivity contribution is 5.83. The first-order valence-corrected chi connectivity index (χ1v) is 9.96. The summed E-state index contributed by atoms with van der Waals surface area (Å²) in [5.41, 5.74) is 1.18. The van der Waals surface area contributed by atoms with Crippen molar-refractivity contribution in [3.05, 3.63) is 48.0 Å². The molecule has 3 heteroatoms. The van der Waals surface area contributed by atoms with Crippen LogP contribution in [0, 0.1) is 11.3 Å². The van der Waals surface area contributed by atoms with Crippen molar-refractivity contribution in [3.63, 3.8) is 0 Å². The summed E-state index contributed by atoms with van der Waals surface area (Å²) in [6, 6.07) is 10.5. The first kappa shape index (κ1) is 16.8. The Morgan fingerprint density at radius 1 is 1.04 bits per heavy atom. The van der Waals surface area contributed by atoms with E-state index in [0.29, 0.717) is 5.91 Å². The molecule has 1 spiro atoms. The number of likely N-dealkylation sites (tertiary alicyclic amines) is 1. The van der Waals surface area contributed by atoms with Crippen LogP contribution in [0.15, 0.2) is 42.5 Å². The van der Waals surface area contributed by atoms with Gasteiger partial charge in [-0.05, 0) is 63.1 Å². The summed E-state index contributed by atoms with van der Waals surface area (Å²) < 4.78 is 0. The van der Waals surface area contributed by atoms with Gasteiger partial charge in [0.2, 0.25) is 5.91 Å². The largest absolute Gasteiger partial charge is 0.338 e. The molecule has 1 amide bonds. The summed E-state index contributed by atoms with van der Waals surface area (Å²) in [6.45, 7) is 5.07. The summed E-state index contributed by atoms with van der Waals surface area (Å²) in [6.07, 6.45) is 11.2. The quantitative estimate of drug-likeness (QED) is 0.767. The summed E-state index contributed by atoms with van der Waals surface area (Å²) in [4.78, 5) is 18.1. The van der Waals surface area contributed by atoms with Gasteiger partial charge in [-0.25, -0.2) is 0 Å². The second kappa shape index (κ2) is 7.33. The molecule has 0 atom stereocenters. The molecule has 2 aliphatic heterocycles.